The highest BCUT2D eigenvalue weighted by Crippen LogP contribution is 2.34. The molecule has 1 N–H and O–H groups in total. The van der Waals surface area contributed by atoms with Crippen LogP contribution in [0.3, 0.4) is 0 Å². The minimum atomic E-state index is 0.616. The van der Waals surface area contributed by atoms with Gasteiger partial charge in [0.1, 0.15) is 13.2 Å². The molecule has 2 aromatic carbocycles. The smallest absolute Gasteiger partial charge is 0.166 e. The molecule has 3 aromatic rings. The fourth-order valence-electron chi connectivity index (χ4n) is 2.55. The average Bonchev–Trinajstić information content (AvgIpc) is 3.00. The molecule has 0 atom stereocenters. The van der Waals surface area contributed by atoms with Crippen LogP contribution in [-0.2, 0) is 6.54 Å². The summed E-state index contributed by atoms with van der Waals surface area (Å²) in [5.41, 5.74) is 2.24. The molecule has 21 heavy (non-hydrogen) atoms. The minimum Gasteiger partial charge on any atom is -0.486 e. The standard InChI is InChI=1S/C17H15NO2S/c1-2-13(17-15(3-1)19-7-8-20-17)11-18-14-4-5-16-12(10-14)6-9-21-16/h1-6,9-10,18H,7-8,11H2. The van der Waals surface area contributed by atoms with Crippen LogP contribution >= 0.6 is 11.3 Å². The summed E-state index contributed by atoms with van der Waals surface area (Å²) >= 11 is 1.76. The van der Waals surface area contributed by atoms with E-state index in [4.69, 9.17) is 9.47 Å². The van der Waals surface area contributed by atoms with E-state index < -0.39 is 0 Å². The first-order valence-corrected chi connectivity index (χ1v) is 7.87. The Morgan fingerprint density at radius 1 is 1.05 bits per heavy atom. The quantitative estimate of drug-likeness (QED) is 0.782. The second kappa shape index (κ2) is 5.30. The molecule has 1 aromatic heterocycles. The van der Waals surface area contributed by atoms with Crippen molar-refractivity contribution in [3.63, 3.8) is 0 Å². The number of thiophene rings is 1. The van der Waals surface area contributed by atoms with Gasteiger partial charge < -0.3 is 14.8 Å². The summed E-state index contributed by atoms with van der Waals surface area (Å²) < 4.78 is 12.7. The van der Waals surface area contributed by atoms with Crippen molar-refractivity contribution in [2.75, 3.05) is 18.5 Å². The fourth-order valence-corrected chi connectivity index (χ4v) is 3.32. The molecule has 0 bridgehead atoms. The highest BCUT2D eigenvalue weighted by molar-refractivity contribution is 7.17. The van der Waals surface area contributed by atoms with Crippen molar-refractivity contribution in [2.45, 2.75) is 6.54 Å². The van der Waals surface area contributed by atoms with E-state index in [1.807, 2.05) is 12.1 Å². The Balaban J connectivity index is 1.56. The number of rotatable bonds is 3. The molecular weight excluding hydrogens is 282 g/mol. The maximum absolute atomic E-state index is 5.74. The molecule has 0 saturated carbocycles. The summed E-state index contributed by atoms with van der Waals surface area (Å²) in [5.74, 6) is 1.71. The molecule has 4 heteroatoms. The highest BCUT2D eigenvalue weighted by atomic mass is 32.1. The fraction of sp³-hybridized carbons (Fsp3) is 0.176. The topological polar surface area (TPSA) is 30.5 Å². The van der Waals surface area contributed by atoms with Crippen LogP contribution in [-0.4, -0.2) is 13.2 Å². The summed E-state index contributed by atoms with van der Waals surface area (Å²) in [6, 6.07) is 14.6. The number of anilines is 1. The highest BCUT2D eigenvalue weighted by Gasteiger charge is 2.15. The van der Waals surface area contributed by atoms with Gasteiger partial charge in [0, 0.05) is 22.5 Å². The van der Waals surface area contributed by atoms with Gasteiger partial charge in [-0.15, -0.1) is 11.3 Å². The lowest BCUT2D eigenvalue weighted by Gasteiger charge is -2.21. The summed E-state index contributed by atoms with van der Waals surface area (Å²) in [6.45, 7) is 1.96. The van der Waals surface area contributed by atoms with Gasteiger partial charge in [0.2, 0.25) is 0 Å². The number of ether oxygens (including phenoxy) is 2. The molecule has 0 spiro atoms. The number of para-hydroxylation sites is 1. The Hall–Kier alpha value is -2.20. The molecule has 0 fully saturated rings. The summed E-state index contributed by atoms with van der Waals surface area (Å²) in [7, 11) is 0. The molecule has 3 nitrogen and oxygen atoms in total. The van der Waals surface area contributed by atoms with Gasteiger partial charge in [0.05, 0.1) is 0 Å². The molecule has 0 saturated heterocycles. The van der Waals surface area contributed by atoms with E-state index in [2.05, 4.69) is 41.0 Å². The second-order valence-electron chi connectivity index (χ2n) is 4.97. The lowest BCUT2D eigenvalue weighted by Crippen LogP contribution is -2.17. The van der Waals surface area contributed by atoms with Gasteiger partial charge in [-0.2, -0.15) is 0 Å². The molecule has 1 aliphatic rings. The van der Waals surface area contributed by atoms with Gasteiger partial charge in [-0.1, -0.05) is 12.1 Å². The van der Waals surface area contributed by atoms with Crippen molar-refractivity contribution in [3.05, 3.63) is 53.4 Å². The van der Waals surface area contributed by atoms with E-state index >= 15 is 0 Å². The Morgan fingerprint density at radius 2 is 2.00 bits per heavy atom. The van der Waals surface area contributed by atoms with Crippen LogP contribution in [0.1, 0.15) is 5.56 Å². The summed E-state index contributed by atoms with van der Waals surface area (Å²) in [5, 5.41) is 6.86. The van der Waals surface area contributed by atoms with E-state index in [-0.39, 0.29) is 0 Å². The van der Waals surface area contributed by atoms with Crippen molar-refractivity contribution in [3.8, 4) is 11.5 Å². The van der Waals surface area contributed by atoms with Crippen molar-refractivity contribution in [1.82, 2.24) is 0 Å². The van der Waals surface area contributed by atoms with Gasteiger partial charge in [0.15, 0.2) is 11.5 Å². The summed E-state index contributed by atoms with van der Waals surface area (Å²) in [6.07, 6.45) is 0. The van der Waals surface area contributed by atoms with Crippen LogP contribution in [0, 0.1) is 0 Å². The second-order valence-corrected chi connectivity index (χ2v) is 5.92. The predicted octanol–water partition coefficient (Wildman–Crippen LogP) is 4.28. The van der Waals surface area contributed by atoms with Crippen molar-refractivity contribution in [2.24, 2.45) is 0 Å². The van der Waals surface area contributed by atoms with Crippen molar-refractivity contribution < 1.29 is 9.47 Å². The molecule has 2 heterocycles. The molecule has 1 aliphatic heterocycles. The molecule has 0 amide bonds. The molecule has 0 aliphatic carbocycles. The van der Waals surface area contributed by atoms with Gasteiger partial charge >= 0.3 is 0 Å². The lowest BCUT2D eigenvalue weighted by atomic mass is 10.1. The van der Waals surface area contributed by atoms with Crippen LogP contribution in [0.2, 0.25) is 0 Å². The summed E-state index contributed by atoms with van der Waals surface area (Å²) in [4.78, 5) is 0. The van der Waals surface area contributed by atoms with Gasteiger partial charge in [0.25, 0.3) is 0 Å². The van der Waals surface area contributed by atoms with E-state index in [1.165, 1.54) is 10.1 Å². The van der Waals surface area contributed by atoms with E-state index in [0.29, 0.717) is 13.2 Å². The van der Waals surface area contributed by atoms with Crippen molar-refractivity contribution in [1.29, 1.82) is 0 Å². The minimum absolute atomic E-state index is 0.616. The van der Waals surface area contributed by atoms with Crippen LogP contribution in [0.5, 0.6) is 11.5 Å². The van der Waals surface area contributed by atoms with Gasteiger partial charge in [-0.05, 0) is 41.1 Å². The van der Waals surface area contributed by atoms with Gasteiger partial charge in [-0.3, -0.25) is 0 Å². The SMILES string of the molecule is c1cc(CNc2ccc3sccc3c2)c2c(c1)OCCO2. The number of hydrogen-bond acceptors (Lipinski definition) is 4. The van der Waals surface area contributed by atoms with Crippen LogP contribution in [0.15, 0.2) is 47.8 Å². The molecule has 0 radical (unpaired) electrons. The number of nitrogens with one attached hydrogen (secondary N) is 1. The first-order valence-electron chi connectivity index (χ1n) is 6.99. The Morgan fingerprint density at radius 3 is 3.00 bits per heavy atom. The average molecular weight is 297 g/mol. The monoisotopic (exact) mass is 297 g/mol. The first-order chi connectivity index (χ1) is 10.4. The van der Waals surface area contributed by atoms with Gasteiger partial charge in [-0.25, -0.2) is 0 Å². The zero-order valence-corrected chi connectivity index (χ0v) is 12.3. The third-order valence-corrected chi connectivity index (χ3v) is 4.48. The Labute approximate surface area is 127 Å². The third-order valence-electron chi connectivity index (χ3n) is 3.58. The Bertz CT molecular complexity index is 781. The first kappa shape index (κ1) is 12.5. The van der Waals surface area contributed by atoms with Crippen LogP contribution in [0.25, 0.3) is 10.1 Å². The zero-order valence-electron chi connectivity index (χ0n) is 11.5. The molecule has 106 valence electrons. The third kappa shape index (κ3) is 2.43. The maximum atomic E-state index is 5.74. The number of fused-ring (bicyclic) bond motifs is 2. The predicted molar refractivity (Wildman–Crippen MR) is 86.6 cm³/mol. The van der Waals surface area contributed by atoms with Crippen LogP contribution in [0.4, 0.5) is 5.69 Å². The maximum Gasteiger partial charge on any atom is 0.166 e. The van der Waals surface area contributed by atoms with E-state index in [0.717, 1.165) is 29.3 Å². The van der Waals surface area contributed by atoms with E-state index in [9.17, 15) is 0 Å². The lowest BCUT2D eigenvalue weighted by molar-refractivity contribution is 0.170. The molecular formula is C17H15NO2S. The normalized spacial score (nSPS) is 13.3. The zero-order chi connectivity index (χ0) is 14.1. The largest absolute Gasteiger partial charge is 0.486 e. The van der Waals surface area contributed by atoms with Crippen LogP contribution < -0.4 is 14.8 Å². The molecule has 0 unspecified atom stereocenters. The Kier molecular flexibility index (Phi) is 3.16. The van der Waals surface area contributed by atoms with Crippen molar-refractivity contribution >= 4 is 27.1 Å². The van der Waals surface area contributed by atoms with E-state index in [1.54, 1.807) is 11.3 Å². The number of hydrogen-bond donors (Lipinski definition) is 1. The number of benzene rings is 2. The molecule has 4 rings (SSSR count).